The maximum Gasteiger partial charge on any atom is 0.0316 e. The third kappa shape index (κ3) is 2.76. The number of hydrogen-bond acceptors (Lipinski definition) is 2. The maximum atomic E-state index is 5.83. The summed E-state index contributed by atoms with van der Waals surface area (Å²) >= 11 is 0. The Labute approximate surface area is 98.4 Å². The van der Waals surface area contributed by atoms with Crippen LogP contribution in [0, 0.1) is 0 Å². The zero-order valence-corrected chi connectivity index (χ0v) is 10.2. The van der Waals surface area contributed by atoms with E-state index in [4.69, 9.17) is 5.73 Å². The Bertz CT molecular complexity index is 327. The smallest absolute Gasteiger partial charge is 0.0316 e. The summed E-state index contributed by atoms with van der Waals surface area (Å²) in [4.78, 5) is 2.57. The Balaban J connectivity index is 1.94. The second kappa shape index (κ2) is 5.35. The predicted molar refractivity (Wildman–Crippen MR) is 69.6 cm³/mol. The fourth-order valence-electron chi connectivity index (χ4n) is 2.62. The van der Waals surface area contributed by atoms with Gasteiger partial charge in [0.25, 0.3) is 0 Å². The Hall–Kier alpha value is -1.02. The van der Waals surface area contributed by atoms with E-state index in [9.17, 15) is 0 Å². The monoisotopic (exact) mass is 218 g/mol. The van der Waals surface area contributed by atoms with Gasteiger partial charge in [0, 0.05) is 5.69 Å². The number of piperidine rings is 1. The molecule has 1 heterocycles. The lowest BCUT2D eigenvalue weighted by atomic mass is 9.89. The zero-order valence-electron chi connectivity index (χ0n) is 10.2. The molecule has 2 nitrogen and oxygen atoms in total. The van der Waals surface area contributed by atoms with Crippen LogP contribution >= 0.6 is 0 Å². The van der Waals surface area contributed by atoms with Crippen molar-refractivity contribution in [3.63, 3.8) is 0 Å². The van der Waals surface area contributed by atoms with Gasteiger partial charge in [-0.1, -0.05) is 19.1 Å². The quantitative estimate of drug-likeness (QED) is 0.790. The van der Waals surface area contributed by atoms with E-state index in [-0.39, 0.29) is 0 Å². The van der Waals surface area contributed by atoms with Gasteiger partial charge in [-0.05, 0) is 62.5 Å². The number of nitrogens with zero attached hydrogens (tertiary/aromatic N) is 1. The van der Waals surface area contributed by atoms with Crippen LogP contribution < -0.4 is 5.73 Å². The summed E-state index contributed by atoms with van der Waals surface area (Å²) in [5.41, 5.74) is 8.15. The molecule has 1 aliphatic rings. The van der Waals surface area contributed by atoms with Gasteiger partial charge in [0.1, 0.15) is 0 Å². The molecule has 2 heteroatoms. The van der Waals surface area contributed by atoms with Crippen LogP contribution in [0.25, 0.3) is 0 Å². The van der Waals surface area contributed by atoms with Crippen molar-refractivity contribution in [2.75, 3.05) is 25.4 Å². The van der Waals surface area contributed by atoms with Crippen molar-refractivity contribution in [3.8, 4) is 0 Å². The van der Waals surface area contributed by atoms with Crippen molar-refractivity contribution in [3.05, 3.63) is 29.8 Å². The largest absolute Gasteiger partial charge is 0.399 e. The topological polar surface area (TPSA) is 29.3 Å². The summed E-state index contributed by atoms with van der Waals surface area (Å²) in [6.07, 6.45) is 3.83. The maximum absolute atomic E-state index is 5.83. The van der Waals surface area contributed by atoms with E-state index in [1.807, 2.05) is 6.07 Å². The Morgan fingerprint density at radius 1 is 1.31 bits per heavy atom. The number of benzene rings is 1. The summed E-state index contributed by atoms with van der Waals surface area (Å²) < 4.78 is 0. The minimum Gasteiger partial charge on any atom is -0.399 e. The van der Waals surface area contributed by atoms with Crippen LogP contribution in [0.15, 0.2) is 24.3 Å². The van der Waals surface area contributed by atoms with Crippen LogP contribution in [0.1, 0.15) is 37.7 Å². The van der Waals surface area contributed by atoms with Gasteiger partial charge in [-0.15, -0.1) is 0 Å². The number of likely N-dealkylation sites (tertiary alicyclic amines) is 1. The standard InChI is InChI=1S/C14H22N2/c1-2-8-16-9-6-12(7-10-16)13-4-3-5-14(15)11-13/h3-5,11-12H,2,6-10,15H2,1H3. The highest BCUT2D eigenvalue weighted by molar-refractivity contribution is 5.41. The van der Waals surface area contributed by atoms with E-state index in [0.29, 0.717) is 0 Å². The molecular formula is C14H22N2. The number of nitrogen functional groups attached to an aromatic ring is 1. The molecule has 0 amide bonds. The molecule has 1 aromatic rings. The second-order valence-electron chi connectivity index (χ2n) is 4.79. The molecule has 2 rings (SSSR count). The van der Waals surface area contributed by atoms with Crippen molar-refractivity contribution in [2.45, 2.75) is 32.1 Å². The van der Waals surface area contributed by atoms with E-state index in [2.05, 4.69) is 30.0 Å². The molecule has 0 spiro atoms. The average molecular weight is 218 g/mol. The van der Waals surface area contributed by atoms with Gasteiger partial charge in [-0.2, -0.15) is 0 Å². The van der Waals surface area contributed by atoms with Crippen LogP contribution in [0.5, 0.6) is 0 Å². The number of hydrogen-bond donors (Lipinski definition) is 1. The van der Waals surface area contributed by atoms with Gasteiger partial charge in [0.2, 0.25) is 0 Å². The molecule has 0 radical (unpaired) electrons. The lowest BCUT2D eigenvalue weighted by Gasteiger charge is -2.32. The first-order valence-electron chi connectivity index (χ1n) is 6.37. The predicted octanol–water partition coefficient (Wildman–Crippen LogP) is 2.86. The van der Waals surface area contributed by atoms with Crippen LogP contribution in [0.3, 0.4) is 0 Å². The van der Waals surface area contributed by atoms with Crippen LogP contribution in [0.4, 0.5) is 5.69 Å². The van der Waals surface area contributed by atoms with Gasteiger partial charge in [0.05, 0.1) is 0 Å². The van der Waals surface area contributed by atoms with Gasteiger partial charge in [-0.25, -0.2) is 0 Å². The van der Waals surface area contributed by atoms with Gasteiger partial charge in [0.15, 0.2) is 0 Å². The minimum atomic E-state index is 0.719. The summed E-state index contributed by atoms with van der Waals surface area (Å²) in [7, 11) is 0. The average Bonchev–Trinajstić information content (AvgIpc) is 2.30. The molecule has 1 saturated heterocycles. The molecule has 1 aromatic carbocycles. The second-order valence-corrected chi connectivity index (χ2v) is 4.79. The molecule has 16 heavy (non-hydrogen) atoms. The van der Waals surface area contributed by atoms with E-state index in [1.54, 1.807) is 0 Å². The molecule has 0 bridgehead atoms. The lowest BCUT2D eigenvalue weighted by Crippen LogP contribution is -2.33. The lowest BCUT2D eigenvalue weighted by molar-refractivity contribution is 0.213. The minimum absolute atomic E-state index is 0.719. The molecule has 0 aromatic heterocycles. The summed E-state index contributed by atoms with van der Waals surface area (Å²) in [5, 5.41) is 0. The first-order chi connectivity index (χ1) is 7.79. The summed E-state index contributed by atoms with van der Waals surface area (Å²) in [5.74, 6) is 0.719. The molecule has 88 valence electrons. The van der Waals surface area contributed by atoms with Crippen molar-refractivity contribution in [2.24, 2.45) is 0 Å². The zero-order chi connectivity index (χ0) is 11.4. The fraction of sp³-hybridized carbons (Fsp3) is 0.571. The van der Waals surface area contributed by atoms with Crippen molar-refractivity contribution >= 4 is 5.69 Å². The SMILES string of the molecule is CCCN1CCC(c2cccc(N)c2)CC1. The highest BCUT2D eigenvalue weighted by Gasteiger charge is 2.19. The van der Waals surface area contributed by atoms with E-state index < -0.39 is 0 Å². The Morgan fingerprint density at radius 2 is 2.06 bits per heavy atom. The van der Waals surface area contributed by atoms with Gasteiger partial charge >= 0.3 is 0 Å². The molecule has 1 aliphatic heterocycles. The Kier molecular flexibility index (Phi) is 3.83. The van der Waals surface area contributed by atoms with Gasteiger partial charge < -0.3 is 10.6 Å². The first kappa shape index (κ1) is 11.5. The van der Waals surface area contributed by atoms with Crippen LogP contribution in [-0.2, 0) is 0 Å². The molecule has 1 fully saturated rings. The molecule has 2 N–H and O–H groups in total. The van der Waals surface area contributed by atoms with Crippen LogP contribution in [-0.4, -0.2) is 24.5 Å². The van der Waals surface area contributed by atoms with Crippen LogP contribution in [0.2, 0.25) is 0 Å². The Morgan fingerprint density at radius 3 is 2.69 bits per heavy atom. The van der Waals surface area contributed by atoms with Crippen molar-refractivity contribution in [1.29, 1.82) is 0 Å². The third-order valence-electron chi connectivity index (χ3n) is 3.51. The number of nitrogens with two attached hydrogens (primary N) is 1. The van der Waals surface area contributed by atoms with E-state index in [0.717, 1.165) is 11.6 Å². The fourth-order valence-corrected chi connectivity index (χ4v) is 2.62. The normalized spacial score (nSPS) is 18.8. The van der Waals surface area contributed by atoms with Gasteiger partial charge in [-0.3, -0.25) is 0 Å². The van der Waals surface area contributed by atoms with Crippen molar-refractivity contribution < 1.29 is 0 Å². The number of rotatable bonds is 3. The molecular weight excluding hydrogens is 196 g/mol. The third-order valence-corrected chi connectivity index (χ3v) is 3.51. The first-order valence-corrected chi connectivity index (χ1v) is 6.37. The van der Waals surface area contributed by atoms with Crippen molar-refractivity contribution in [1.82, 2.24) is 4.90 Å². The summed E-state index contributed by atoms with van der Waals surface area (Å²) in [6, 6.07) is 8.40. The molecule has 0 unspecified atom stereocenters. The molecule has 0 saturated carbocycles. The number of anilines is 1. The highest BCUT2D eigenvalue weighted by Crippen LogP contribution is 2.28. The van der Waals surface area contributed by atoms with E-state index >= 15 is 0 Å². The molecule has 0 atom stereocenters. The summed E-state index contributed by atoms with van der Waals surface area (Å²) in [6.45, 7) is 5.99. The highest BCUT2D eigenvalue weighted by atomic mass is 15.1. The van der Waals surface area contributed by atoms with E-state index in [1.165, 1.54) is 44.5 Å². The molecule has 0 aliphatic carbocycles.